The Hall–Kier alpha value is -2.93. The monoisotopic (exact) mass is 278 g/mol. The van der Waals surface area contributed by atoms with E-state index in [1.54, 1.807) is 31.3 Å². The van der Waals surface area contributed by atoms with Crippen molar-refractivity contribution in [2.45, 2.75) is 13.8 Å². The van der Waals surface area contributed by atoms with E-state index in [-0.39, 0.29) is 5.56 Å². The predicted molar refractivity (Wildman–Crippen MR) is 80.8 cm³/mol. The first-order valence-electron chi connectivity index (χ1n) is 6.39. The van der Waals surface area contributed by atoms with Crippen LogP contribution in [0.15, 0.2) is 30.6 Å². The quantitative estimate of drug-likeness (QED) is 0.933. The Balaban J connectivity index is 2.44. The standard InChI is InChI=1S/C17H14N2O2/c1-11-7-12(2)16(17(20)21)8-14(11)4-3-13-5-6-19-10-15(13)9-18/h3-8,10H,1-2H3,(H,20,21)/b4-3+. The Kier molecular flexibility index (Phi) is 4.15. The minimum Gasteiger partial charge on any atom is -0.478 e. The van der Waals surface area contributed by atoms with Crippen LogP contribution >= 0.6 is 0 Å². The number of carbonyl (C=O) groups is 1. The second kappa shape index (κ2) is 6.02. The van der Waals surface area contributed by atoms with E-state index in [1.165, 1.54) is 6.20 Å². The maximum absolute atomic E-state index is 11.2. The number of nitrogens with zero attached hydrogens (tertiary/aromatic N) is 2. The Bertz CT molecular complexity index is 771. The zero-order valence-electron chi connectivity index (χ0n) is 11.8. The number of pyridine rings is 1. The molecule has 1 heterocycles. The largest absolute Gasteiger partial charge is 0.478 e. The Morgan fingerprint density at radius 1 is 1.24 bits per heavy atom. The van der Waals surface area contributed by atoms with Gasteiger partial charge in [0.1, 0.15) is 6.07 Å². The minimum atomic E-state index is -0.941. The first-order chi connectivity index (χ1) is 10.0. The molecule has 2 rings (SSSR count). The SMILES string of the molecule is Cc1cc(C)c(C(=O)O)cc1/C=C/c1ccncc1C#N. The number of benzene rings is 1. The van der Waals surface area contributed by atoms with Crippen molar-refractivity contribution < 1.29 is 9.90 Å². The third-order valence-electron chi connectivity index (χ3n) is 3.26. The van der Waals surface area contributed by atoms with Crippen molar-refractivity contribution in [3.8, 4) is 6.07 Å². The van der Waals surface area contributed by atoms with Gasteiger partial charge in [-0.05, 0) is 48.2 Å². The fourth-order valence-corrected chi connectivity index (χ4v) is 2.10. The van der Waals surface area contributed by atoms with Gasteiger partial charge < -0.3 is 5.11 Å². The molecule has 21 heavy (non-hydrogen) atoms. The molecule has 104 valence electrons. The number of carboxylic acids is 1. The zero-order valence-corrected chi connectivity index (χ0v) is 11.8. The summed E-state index contributed by atoms with van der Waals surface area (Å²) in [6.07, 6.45) is 6.73. The van der Waals surface area contributed by atoms with Gasteiger partial charge in [0.2, 0.25) is 0 Å². The lowest BCUT2D eigenvalue weighted by atomic mass is 9.99. The summed E-state index contributed by atoms with van der Waals surface area (Å²) in [5, 5.41) is 18.2. The van der Waals surface area contributed by atoms with E-state index in [1.807, 2.05) is 19.1 Å². The molecule has 1 N–H and O–H groups in total. The van der Waals surface area contributed by atoms with Crippen molar-refractivity contribution in [3.05, 3.63) is 64.0 Å². The molecule has 0 bridgehead atoms. The average molecular weight is 278 g/mol. The van der Waals surface area contributed by atoms with Gasteiger partial charge >= 0.3 is 5.97 Å². The fourth-order valence-electron chi connectivity index (χ4n) is 2.10. The lowest BCUT2D eigenvalue weighted by Crippen LogP contribution is -2.01. The van der Waals surface area contributed by atoms with E-state index in [0.717, 1.165) is 22.3 Å². The van der Waals surface area contributed by atoms with Gasteiger partial charge in [0.15, 0.2) is 0 Å². The van der Waals surface area contributed by atoms with Crippen LogP contribution in [0.25, 0.3) is 12.2 Å². The van der Waals surface area contributed by atoms with Crippen molar-refractivity contribution in [3.63, 3.8) is 0 Å². The molecular formula is C17H14N2O2. The normalized spacial score (nSPS) is 10.5. The van der Waals surface area contributed by atoms with Crippen LogP contribution in [0.3, 0.4) is 0 Å². The Labute approximate surface area is 123 Å². The molecule has 0 saturated heterocycles. The first kappa shape index (κ1) is 14.5. The number of hydrogen-bond donors (Lipinski definition) is 1. The van der Waals surface area contributed by atoms with E-state index in [4.69, 9.17) is 5.26 Å². The smallest absolute Gasteiger partial charge is 0.335 e. The summed E-state index contributed by atoms with van der Waals surface area (Å²) >= 11 is 0. The van der Waals surface area contributed by atoms with Gasteiger partial charge in [0, 0.05) is 12.4 Å². The molecule has 0 aliphatic rings. The highest BCUT2D eigenvalue weighted by molar-refractivity contribution is 5.91. The van der Waals surface area contributed by atoms with Crippen molar-refractivity contribution in [2.24, 2.45) is 0 Å². The van der Waals surface area contributed by atoms with E-state index >= 15 is 0 Å². The van der Waals surface area contributed by atoms with Crippen LogP contribution in [-0.2, 0) is 0 Å². The van der Waals surface area contributed by atoms with Gasteiger partial charge in [-0.3, -0.25) is 4.98 Å². The number of hydrogen-bond acceptors (Lipinski definition) is 3. The van der Waals surface area contributed by atoms with Gasteiger partial charge in [-0.2, -0.15) is 5.26 Å². The van der Waals surface area contributed by atoms with Crippen molar-refractivity contribution in [1.82, 2.24) is 4.98 Å². The molecular weight excluding hydrogens is 264 g/mol. The van der Waals surface area contributed by atoms with Crippen LogP contribution in [0, 0.1) is 25.2 Å². The summed E-state index contributed by atoms with van der Waals surface area (Å²) in [5.41, 5.74) is 4.07. The van der Waals surface area contributed by atoms with Crippen LogP contribution in [0.4, 0.5) is 0 Å². The lowest BCUT2D eigenvalue weighted by Gasteiger charge is -2.06. The number of nitriles is 1. The van der Waals surface area contributed by atoms with E-state index in [0.29, 0.717) is 5.56 Å². The predicted octanol–water partition coefficient (Wildman–Crippen LogP) is 3.44. The molecule has 4 heteroatoms. The van der Waals surface area contributed by atoms with Crippen LogP contribution in [-0.4, -0.2) is 16.1 Å². The van der Waals surface area contributed by atoms with Crippen molar-refractivity contribution >= 4 is 18.1 Å². The lowest BCUT2D eigenvalue weighted by molar-refractivity contribution is 0.0696. The number of aromatic nitrogens is 1. The summed E-state index contributed by atoms with van der Waals surface area (Å²) in [5.74, 6) is -0.941. The second-order valence-corrected chi connectivity index (χ2v) is 4.74. The summed E-state index contributed by atoms with van der Waals surface area (Å²) in [7, 11) is 0. The molecule has 4 nitrogen and oxygen atoms in total. The average Bonchev–Trinajstić information content (AvgIpc) is 2.46. The number of rotatable bonds is 3. The van der Waals surface area contributed by atoms with E-state index in [2.05, 4.69) is 11.1 Å². The van der Waals surface area contributed by atoms with Crippen molar-refractivity contribution in [1.29, 1.82) is 5.26 Å². The van der Waals surface area contributed by atoms with Gasteiger partial charge in [-0.15, -0.1) is 0 Å². The second-order valence-electron chi connectivity index (χ2n) is 4.74. The number of carboxylic acid groups (broad SMARTS) is 1. The maximum atomic E-state index is 11.2. The van der Waals surface area contributed by atoms with Gasteiger partial charge in [0.05, 0.1) is 11.1 Å². The first-order valence-corrected chi connectivity index (χ1v) is 6.39. The summed E-state index contributed by atoms with van der Waals surface area (Å²) < 4.78 is 0. The fraction of sp³-hybridized carbons (Fsp3) is 0.118. The zero-order chi connectivity index (χ0) is 15.4. The number of aryl methyl sites for hydroxylation is 2. The molecule has 2 aromatic rings. The van der Waals surface area contributed by atoms with E-state index < -0.39 is 5.97 Å². The molecule has 1 aromatic heterocycles. The molecule has 1 aromatic carbocycles. The molecule has 0 aliphatic heterocycles. The number of aromatic carboxylic acids is 1. The highest BCUT2D eigenvalue weighted by Gasteiger charge is 2.09. The third kappa shape index (κ3) is 3.15. The molecule has 0 atom stereocenters. The molecule has 0 spiro atoms. The van der Waals surface area contributed by atoms with E-state index in [9.17, 15) is 9.90 Å². The third-order valence-corrected chi connectivity index (χ3v) is 3.26. The summed E-state index contributed by atoms with van der Waals surface area (Å²) in [4.78, 5) is 15.1. The molecule has 0 fully saturated rings. The molecule has 0 saturated carbocycles. The molecule has 0 unspecified atom stereocenters. The van der Waals surface area contributed by atoms with Crippen LogP contribution in [0.1, 0.15) is 38.2 Å². The van der Waals surface area contributed by atoms with Gasteiger partial charge in [0.25, 0.3) is 0 Å². The van der Waals surface area contributed by atoms with Crippen molar-refractivity contribution in [2.75, 3.05) is 0 Å². The van der Waals surface area contributed by atoms with Crippen LogP contribution in [0.2, 0.25) is 0 Å². The Morgan fingerprint density at radius 2 is 1.95 bits per heavy atom. The highest BCUT2D eigenvalue weighted by Crippen LogP contribution is 2.19. The van der Waals surface area contributed by atoms with Crippen LogP contribution in [0.5, 0.6) is 0 Å². The molecule has 0 aliphatic carbocycles. The highest BCUT2D eigenvalue weighted by atomic mass is 16.4. The topological polar surface area (TPSA) is 74.0 Å². The summed E-state index contributed by atoms with van der Waals surface area (Å²) in [6, 6.07) is 7.32. The molecule has 0 amide bonds. The minimum absolute atomic E-state index is 0.287. The Morgan fingerprint density at radius 3 is 2.62 bits per heavy atom. The van der Waals surface area contributed by atoms with Gasteiger partial charge in [-0.25, -0.2) is 4.79 Å². The summed E-state index contributed by atoms with van der Waals surface area (Å²) in [6.45, 7) is 3.71. The van der Waals surface area contributed by atoms with Crippen LogP contribution < -0.4 is 0 Å². The molecule has 0 radical (unpaired) electrons. The van der Waals surface area contributed by atoms with Gasteiger partial charge in [-0.1, -0.05) is 18.2 Å². The maximum Gasteiger partial charge on any atom is 0.335 e.